The van der Waals surface area contributed by atoms with Crippen molar-refractivity contribution in [3.05, 3.63) is 39.8 Å². The van der Waals surface area contributed by atoms with Crippen LogP contribution in [0.4, 0.5) is 0 Å². The standard InChI is InChI=1S/C13H17N3OS/c1-10-9-11(2)16(15-10)7-4-6-14-13(17)12-5-3-8-18-12/h3,5,8-9H,4,6-7H2,1-2H3,(H,14,17). The predicted molar refractivity (Wildman–Crippen MR) is 73.0 cm³/mol. The average Bonchev–Trinajstić information content (AvgIpc) is 2.94. The second-order valence-corrected chi connectivity index (χ2v) is 5.18. The number of aryl methyl sites for hydroxylation is 3. The molecular weight excluding hydrogens is 246 g/mol. The van der Waals surface area contributed by atoms with E-state index < -0.39 is 0 Å². The van der Waals surface area contributed by atoms with E-state index in [4.69, 9.17) is 0 Å². The lowest BCUT2D eigenvalue weighted by Crippen LogP contribution is -2.24. The van der Waals surface area contributed by atoms with Gasteiger partial charge in [-0.3, -0.25) is 9.48 Å². The average molecular weight is 263 g/mol. The summed E-state index contributed by atoms with van der Waals surface area (Å²) in [5.41, 5.74) is 2.20. The van der Waals surface area contributed by atoms with Gasteiger partial charge in [-0.05, 0) is 37.8 Å². The molecule has 2 rings (SSSR count). The lowest BCUT2D eigenvalue weighted by Gasteiger charge is -2.05. The number of rotatable bonds is 5. The predicted octanol–water partition coefficient (Wildman–Crippen LogP) is 2.38. The van der Waals surface area contributed by atoms with Crippen LogP contribution in [-0.4, -0.2) is 22.2 Å². The Morgan fingerprint density at radius 2 is 2.33 bits per heavy atom. The number of carbonyl (C=O) groups excluding carboxylic acids is 1. The van der Waals surface area contributed by atoms with Crippen LogP contribution in [0.2, 0.25) is 0 Å². The number of aromatic nitrogens is 2. The fourth-order valence-corrected chi connectivity index (χ4v) is 2.47. The Labute approximate surface area is 111 Å². The SMILES string of the molecule is Cc1cc(C)n(CCCNC(=O)c2cccs2)n1. The van der Waals surface area contributed by atoms with Crippen LogP contribution in [0.5, 0.6) is 0 Å². The van der Waals surface area contributed by atoms with Crippen molar-refractivity contribution in [2.75, 3.05) is 6.54 Å². The quantitative estimate of drug-likeness (QED) is 0.842. The first-order valence-electron chi connectivity index (χ1n) is 5.99. The van der Waals surface area contributed by atoms with Crippen molar-refractivity contribution in [1.82, 2.24) is 15.1 Å². The summed E-state index contributed by atoms with van der Waals surface area (Å²) in [7, 11) is 0. The van der Waals surface area contributed by atoms with E-state index in [2.05, 4.69) is 16.5 Å². The summed E-state index contributed by atoms with van der Waals surface area (Å²) in [6.07, 6.45) is 0.888. The van der Waals surface area contributed by atoms with Gasteiger partial charge in [0.25, 0.3) is 5.91 Å². The van der Waals surface area contributed by atoms with Crippen molar-refractivity contribution in [1.29, 1.82) is 0 Å². The molecule has 0 aliphatic heterocycles. The van der Waals surface area contributed by atoms with Crippen LogP contribution in [-0.2, 0) is 6.54 Å². The topological polar surface area (TPSA) is 46.9 Å². The van der Waals surface area contributed by atoms with Gasteiger partial charge in [0.05, 0.1) is 10.6 Å². The molecule has 0 spiro atoms. The maximum Gasteiger partial charge on any atom is 0.261 e. The second kappa shape index (κ2) is 5.82. The zero-order valence-electron chi connectivity index (χ0n) is 10.6. The zero-order chi connectivity index (χ0) is 13.0. The van der Waals surface area contributed by atoms with Gasteiger partial charge in [-0.15, -0.1) is 11.3 Å². The molecule has 5 heteroatoms. The van der Waals surface area contributed by atoms with Gasteiger partial charge in [-0.1, -0.05) is 6.07 Å². The molecule has 0 fully saturated rings. The third-order valence-corrected chi connectivity index (χ3v) is 3.55. The second-order valence-electron chi connectivity index (χ2n) is 4.24. The van der Waals surface area contributed by atoms with Crippen molar-refractivity contribution in [3.8, 4) is 0 Å². The highest BCUT2D eigenvalue weighted by Crippen LogP contribution is 2.07. The number of hydrogen-bond donors (Lipinski definition) is 1. The molecule has 0 aliphatic rings. The van der Waals surface area contributed by atoms with E-state index in [1.165, 1.54) is 11.3 Å². The molecule has 4 nitrogen and oxygen atoms in total. The number of thiophene rings is 1. The Morgan fingerprint density at radius 3 is 2.94 bits per heavy atom. The highest BCUT2D eigenvalue weighted by molar-refractivity contribution is 7.12. The summed E-state index contributed by atoms with van der Waals surface area (Å²) in [5, 5.41) is 9.20. The lowest BCUT2D eigenvalue weighted by molar-refractivity contribution is 0.0956. The Bertz CT molecular complexity index is 516. The van der Waals surface area contributed by atoms with E-state index in [-0.39, 0.29) is 5.91 Å². The molecule has 0 saturated carbocycles. The van der Waals surface area contributed by atoms with Crippen LogP contribution in [0.25, 0.3) is 0 Å². The molecule has 1 amide bonds. The maximum absolute atomic E-state index is 11.7. The number of carbonyl (C=O) groups is 1. The van der Waals surface area contributed by atoms with Crippen molar-refractivity contribution in [2.45, 2.75) is 26.8 Å². The van der Waals surface area contributed by atoms with Gasteiger partial charge in [-0.2, -0.15) is 5.10 Å². The van der Waals surface area contributed by atoms with Crippen molar-refractivity contribution < 1.29 is 4.79 Å². The number of nitrogens with one attached hydrogen (secondary N) is 1. The van der Waals surface area contributed by atoms with Gasteiger partial charge in [0.15, 0.2) is 0 Å². The summed E-state index contributed by atoms with van der Waals surface area (Å²) in [4.78, 5) is 12.4. The molecule has 2 aromatic rings. The van der Waals surface area contributed by atoms with Crippen LogP contribution in [0, 0.1) is 13.8 Å². The van der Waals surface area contributed by atoms with Gasteiger partial charge in [-0.25, -0.2) is 0 Å². The molecule has 96 valence electrons. The van der Waals surface area contributed by atoms with E-state index in [9.17, 15) is 4.79 Å². The summed E-state index contributed by atoms with van der Waals surface area (Å²) in [5.74, 6) is 0.0124. The highest BCUT2D eigenvalue weighted by atomic mass is 32.1. The van der Waals surface area contributed by atoms with Crippen LogP contribution in [0.1, 0.15) is 27.5 Å². The van der Waals surface area contributed by atoms with Crippen molar-refractivity contribution in [3.63, 3.8) is 0 Å². The van der Waals surface area contributed by atoms with Gasteiger partial charge >= 0.3 is 0 Å². The normalized spacial score (nSPS) is 10.6. The summed E-state index contributed by atoms with van der Waals surface area (Å²) >= 11 is 1.46. The van der Waals surface area contributed by atoms with Gasteiger partial charge in [0.1, 0.15) is 0 Å². The molecule has 0 saturated heterocycles. The largest absolute Gasteiger partial charge is 0.351 e. The van der Waals surface area contributed by atoms with E-state index in [0.29, 0.717) is 6.54 Å². The minimum Gasteiger partial charge on any atom is -0.351 e. The van der Waals surface area contributed by atoms with Gasteiger partial charge in [0, 0.05) is 18.8 Å². The zero-order valence-corrected chi connectivity index (χ0v) is 11.5. The Balaban J connectivity index is 1.73. The monoisotopic (exact) mass is 263 g/mol. The number of nitrogens with zero attached hydrogens (tertiary/aromatic N) is 2. The first-order valence-corrected chi connectivity index (χ1v) is 6.87. The van der Waals surface area contributed by atoms with E-state index >= 15 is 0 Å². The Morgan fingerprint density at radius 1 is 1.50 bits per heavy atom. The minimum absolute atomic E-state index is 0.0124. The molecule has 0 bridgehead atoms. The van der Waals surface area contributed by atoms with E-state index in [0.717, 1.165) is 29.2 Å². The summed E-state index contributed by atoms with van der Waals surface area (Å²) < 4.78 is 1.98. The van der Waals surface area contributed by atoms with Crippen LogP contribution in [0.15, 0.2) is 23.6 Å². The highest BCUT2D eigenvalue weighted by Gasteiger charge is 2.05. The summed E-state index contributed by atoms with van der Waals surface area (Å²) in [6, 6.07) is 5.78. The summed E-state index contributed by atoms with van der Waals surface area (Å²) in [6.45, 7) is 5.55. The molecule has 0 unspecified atom stereocenters. The fraction of sp³-hybridized carbons (Fsp3) is 0.385. The lowest BCUT2D eigenvalue weighted by atomic mass is 10.3. The van der Waals surface area contributed by atoms with E-state index in [1.54, 1.807) is 0 Å². The molecule has 2 heterocycles. The third-order valence-electron chi connectivity index (χ3n) is 2.68. The molecule has 0 atom stereocenters. The molecule has 0 aromatic carbocycles. The molecule has 0 radical (unpaired) electrons. The van der Waals surface area contributed by atoms with Crippen LogP contribution in [0.3, 0.4) is 0 Å². The molecular formula is C13H17N3OS. The minimum atomic E-state index is 0.0124. The Kier molecular flexibility index (Phi) is 4.15. The van der Waals surface area contributed by atoms with Crippen molar-refractivity contribution in [2.24, 2.45) is 0 Å². The number of amides is 1. The first kappa shape index (κ1) is 12.8. The van der Waals surface area contributed by atoms with E-state index in [1.807, 2.05) is 36.0 Å². The van der Waals surface area contributed by atoms with Gasteiger partial charge < -0.3 is 5.32 Å². The van der Waals surface area contributed by atoms with Crippen LogP contribution >= 0.6 is 11.3 Å². The first-order chi connectivity index (χ1) is 8.66. The maximum atomic E-state index is 11.7. The molecule has 2 aromatic heterocycles. The third kappa shape index (κ3) is 3.20. The molecule has 18 heavy (non-hydrogen) atoms. The van der Waals surface area contributed by atoms with Crippen LogP contribution < -0.4 is 5.32 Å². The molecule has 0 aliphatic carbocycles. The fourth-order valence-electron chi connectivity index (χ4n) is 1.83. The molecule has 1 N–H and O–H groups in total. The van der Waals surface area contributed by atoms with Gasteiger partial charge in [0.2, 0.25) is 0 Å². The number of hydrogen-bond acceptors (Lipinski definition) is 3. The smallest absolute Gasteiger partial charge is 0.261 e. The van der Waals surface area contributed by atoms with Crippen molar-refractivity contribution >= 4 is 17.2 Å². The Hall–Kier alpha value is -1.62.